The lowest BCUT2D eigenvalue weighted by Gasteiger charge is -2.24. The number of hydrogen-bond acceptors (Lipinski definition) is 3. The van der Waals surface area contributed by atoms with Crippen molar-refractivity contribution in [3.05, 3.63) is 35.4 Å². The van der Waals surface area contributed by atoms with Crippen LogP contribution in [0.1, 0.15) is 29.8 Å². The van der Waals surface area contributed by atoms with Crippen LogP contribution in [0.25, 0.3) is 0 Å². The van der Waals surface area contributed by atoms with E-state index >= 15 is 0 Å². The van der Waals surface area contributed by atoms with E-state index in [0.29, 0.717) is 13.1 Å². The third kappa shape index (κ3) is 3.95. The fourth-order valence-corrected chi connectivity index (χ4v) is 1.80. The molecule has 0 aliphatic heterocycles. The molecule has 94 valence electrons. The summed E-state index contributed by atoms with van der Waals surface area (Å²) >= 11 is 0. The van der Waals surface area contributed by atoms with Crippen molar-refractivity contribution in [3.63, 3.8) is 0 Å². The van der Waals surface area contributed by atoms with Gasteiger partial charge in [0.1, 0.15) is 0 Å². The van der Waals surface area contributed by atoms with Gasteiger partial charge in [-0.05, 0) is 26.3 Å². The second kappa shape index (κ2) is 6.52. The second-order valence-corrected chi connectivity index (χ2v) is 4.53. The van der Waals surface area contributed by atoms with Crippen LogP contribution < -0.4 is 0 Å². The minimum atomic E-state index is 0.0826. The van der Waals surface area contributed by atoms with Crippen molar-refractivity contribution in [1.82, 2.24) is 4.90 Å². The summed E-state index contributed by atoms with van der Waals surface area (Å²) in [7, 11) is 0. The molecule has 0 bridgehead atoms. The number of rotatable bonds is 6. The topological polar surface area (TPSA) is 40.5 Å². The van der Waals surface area contributed by atoms with Crippen molar-refractivity contribution in [2.75, 3.05) is 19.7 Å². The fraction of sp³-hybridized carbons (Fsp3) is 0.500. The third-order valence-electron chi connectivity index (χ3n) is 2.91. The van der Waals surface area contributed by atoms with Crippen LogP contribution in [0, 0.1) is 6.92 Å². The van der Waals surface area contributed by atoms with Gasteiger partial charge in [-0.15, -0.1) is 0 Å². The Labute approximate surface area is 103 Å². The van der Waals surface area contributed by atoms with Crippen molar-refractivity contribution < 1.29 is 9.90 Å². The molecule has 0 unspecified atom stereocenters. The Hall–Kier alpha value is -1.19. The van der Waals surface area contributed by atoms with Crippen molar-refractivity contribution in [3.8, 4) is 0 Å². The maximum absolute atomic E-state index is 12.1. The van der Waals surface area contributed by atoms with Crippen LogP contribution in [0.5, 0.6) is 0 Å². The number of Topliss-reactive ketones (excluding diaryl/α,β-unsaturated/α-hetero) is 1. The molecule has 0 aromatic heterocycles. The van der Waals surface area contributed by atoms with Crippen LogP contribution >= 0.6 is 0 Å². The first-order valence-corrected chi connectivity index (χ1v) is 6.00. The molecule has 17 heavy (non-hydrogen) atoms. The fourth-order valence-electron chi connectivity index (χ4n) is 1.80. The van der Waals surface area contributed by atoms with Gasteiger partial charge < -0.3 is 5.11 Å². The Morgan fingerprint density at radius 2 is 2.00 bits per heavy atom. The number of carbonyl (C=O) groups excluding carboxylic acids is 1. The van der Waals surface area contributed by atoms with Gasteiger partial charge in [-0.2, -0.15) is 0 Å². The molecular formula is C14H21NO2. The van der Waals surface area contributed by atoms with E-state index in [2.05, 4.69) is 0 Å². The number of ketones is 1. The highest BCUT2D eigenvalue weighted by Gasteiger charge is 2.15. The van der Waals surface area contributed by atoms with E-state index in [1.54, 1.807) is 0 Å². The van der Waals surface area contributed by atoms with Crippen LogP contribution in [0.2, 0.25) is 0 Å². The number of aliphatic hydroxyl groups excluding tert-OH is 1. The number of aryl methyl sites for hydroxylation is 1. The molecule has 0 fully saturated rings. The molecule has 3 heteroatoms. The molecule has 1 rings (SSSR count). The summed E-state index contributed by atoms with van der Waals surface area (Å²) in [6, 6.07) is 7.87. The van der Waals surface area contributed by atoms with Gasteiger partial charge in [-0.1, -0.05) is 24.3 Å². The quantitative estimate of drug-likeness (QED) is 0.765. The number of hydrogen-bond donors (Lipinski definition) is 1. The molecule has 1 N–H and O–H groups in total. The molecule has 0 spiro atoms. The van der Waals surface area contributed by atoms with Gasteiger partial charge in [0.15, 0.2) is 5.78 Å². The van der Waals surface area contributed by atoms with Gasteiger partial charge in [0.2, 0.25) is 0 Å². The molecule has 0 atom stereocenters. The van der Waals surface area contributed by atoms with E-state index in [-0.39, 0.29) is 18.4 Å². The van der Waals surface area contributed by atoms with E-state index in [4.69, 9.17) is 5.11 Å². The molecule has 0 aliphatic carbocycles. The van der Waals surface area contributed by atoms with Crippen molar-refractivity contribution in [1.29, 1.82) is 0 Å². The van der Waals surface area contributed by atoms with Crippen LogP contribution in [-0.4, -0.2) is 41.5 Å². The maximum Gasteiger partial charge on any atom is 0.177 e. The summed E-state index contributed by atoms with van der Waals surface area (Å²) in [5.41, 5.74) is 1.78. The van der Waals surface area contributed by atoms with E-state index in [0.717, 1.165) is 11.1 Å². The summed E-state index contributed by atoms with van der Waals surface area (Å²) in [5, 5.41) is 8.97. The lowest BCUT2D eigenvalue weighted by atomic mass is 10.0. The molecule has 0 heterocycles. The molecule has 0 amide bonds. The molecule has 0 saturated carbocycles. The highest BCUT2D eigenvalue weighted by atomic mass is 16.3. The zero-order valence-corrected chi connectivity index (χ0v) is 10.8. The summed E-state index contributed by atoms with van der Waals surface area (Å²) in [5.74, 6) is 0.116. The van der Waals surface area contributed by atoms with Crippen molar-refractivity contribution in [2.24, 2.45) is 0 Å². The van der Waals surface area contributed by atoms with E-state index in [9.17, 15) is 4.79 Å². The van der Waals surface area contributed by atoms with Crippen LogP contribution in [0.3, 0.4) is 0 Å². The van der Waals surface area contributed by atoms with Gasteiger partial charge in [0.05, 0.1) is 13.2 Å². The summed E-state index contributed by atoms with van der Waals surface area (Å²) in [6.07, 6.45) is 0. The van der Waals surface area contributed by atoms with Crippen LogP contribution in [0.4, 0.5) is 0 Å². The monoisotopic (exact) mass is 235 g/mol. The zero-order chi connectivity index (χ0) is 12.8. The lowest BCUT2D eigenvalue weighted by Crippen LogP contribution is -2.37. The first-order chi connectivity index (χ1) is 8.06. The highest BCUT2D eigenvalue weighted by molar-refractivity contribution is 5.98. The smallest absolute Gasteiger partial charge is 0.177 e. The molecule has 1 aromatic carbocycles. The molecule has 0 saturated heterocycles. The van der Waals surface area contributed by atoms with Crippen molar-refractivity contribution >= 4 is 5.78 Å². The molecule has 0 radical (unpaired) electrons. The predicted octanol–water partition coefficient (Wildman–Crippen LogP) is 1.88. The Morgan fingerprint density at radius 3 is 2.53 bits per heavy atom. The number of carbonyl (C=O) groups is 1. The minimum Gasteiger partial charge on any atom is -0.395 e. The number of aliphatic hydroxyl groups is 1. The average Bonchev–Trinajstić information content (AvgIpc) is 2.28. The number of nitrogens with zero attached hydrogens (tertiary/aromatic N) is 1. The van der Waals surface area contributed by atoms with Crippen molar-refractivity contribution in [2.45, 2.75) is 26.8 Å². The van der Waals surface area contributed by atoms with Crippen LogP contribution in [0.15, 0.2) is 24.3 Å². The lowest BCUT2D eigenvalue weighted by molar-refractivity contribution is 0.0880. The predicted molar refractivity (Wildman–Crippen MR) is 69.3 cm³/mol. The van der Waals surface area contributed by atoms with Gasteiger partial charge in [0, 0.05) is 18.2 Å². The summed E-state index contributed by atoms with van der Waals surface area (Å²) in [6.45, 7) is 6.98. The SMILES string of the molecule is Cc1ccccc1C(=O)CN(CCO)C(C)C. The average molecular weight is 235 g/mol. The van der Waals surface area contributed by atoms with Gasteiger partial charge in [-0.25, -0.2) is 0 Å². The minimum absolute atomic E-state index is 0.0826. The highest BCUT2D eigenvalue weighted by Crippen LogP contribution is 2.09. The molecule has 0 aliphatic rings. The van der Waals surface area contributed by atoms with Gasteiger partial charge in [0.25, 0.3) is 0 Å². The Kier molecular flexibility index (Phi) is 5.32. The first kappa shape index (κ1) is 13.9. The number of benzene rings is 1. The van der Waals surface area contributed by atoms with Crippen LogP contribution in [-0.2, 0) is 0 Å². The van der Waals surface area contributed by atoms with E-state index in [1.807, 2.05) is 49.9 Å². The van der Waals surface area contributed by atoms with E-state index in [1.165, 1.54) is 0 Å². The molecule has 1 aromatic rings. The normalized spacial score (nSPS) is 11.2. The van der Waals surface area contributed by atoms with E-state index < -0.39 is 0 Å². The summed E-state index contributed by atoms with van der Waals surface area (Å²) < 4.78 is 0. The Bertz CT molecular complexity index is 374. The first-order valence-electron chi connectivity index (χ1n) is 6.00. The van der Waals surface area contributed by atoms with Gasteiger partial charge >= 0.3 is 0 Å². The van der Waals surface area contributed by atoms with Gasteiger partial charge in [-0.3, -0.25) is 9.69 Å². The maximum atomic E-state index is 12.1. The molecular weight excluding hydrogens is 214 g/mol. The Morgan fingerprint density at radius 1 is 1.35 bits per heavy atom. The largest absolute Gasteiger partial charge is 0.395 e. The zero-order valence-electron chi connectivity index (χ0n) is 10.8. The molecule has 3 nitrogen and oxygen atoms in total. The Balaban J connectivity index is 2.74. The third-order valence-corrected chi connectivity index (χ3v) is 2.91. The standard InChI is InChI=1S/C14H21NO2/c1-11(2)15(8-9-16)10-14(17)13-7-5-4-6-12(13)3/h4-7,11,16H,8-10H2,1-3H3. The summed E-state index contributed by atoms with van der Waals surface area (Å²) in [4.78, 5) is 14.1. The second-order valence-electron chi connectivity index (χ2n) is 4.53.